The van der Waals surface area contributed by atoms with Crippen molar-refractivity contribution in [3.63, 3.8) is 0 Å². The Morgan fingerprint density at radius 2 is 2.31 bits per heavy atom. The summed E-state index contributed by atoms with van der Waals surface area (Å²) in [4.78, 5) is 21.0. The van der Waals surface area contributed by atoms with E-state index in [1.54, 1.807) is 12.3 Å². The number of carbonyl (C=O) groups excluding carboxylic acids is 1. The van der Waals surface area contributed by atoms with E-state index in [0.717, 1.165) is 12.1 Å². The minimum atomic E-state index is -0.521. The molecule has 0 radical (unpaired) electrons. The Morgan fingerprint density at radius 3 is 3.12 bits per heavy atom. The van der Waals surface area contributed by atoms with E-state index in [-0.39, 0.29) is 11.8 Å². The van der Waals surface area contributed by atoms with Crippen molar-refractivity contribution >= 4 is 29.3 Å². The monoisotopic (exact) mass is 234 g/mol. The molecule has 0 amide bonds. The summed E-state index contributed by atoms with van der Waals surface area (Å²) in [5.41, 5.74) is 1.03. The van der Waals surface area contributed by atoms with Crippen LogP contribution in [0.4, 0.5) is 0 Å². The van der Waals surface area contributed by atoms with Crippen LogP contribution >= 0.6 is 11.6 Å². The first-order chi connectivity index (χ1) is 7.62. The Hall–Kier alpha value is -1.22. The molecule has 2 aliphatic heterocycles. The summed E-state index contributed by atoms with van der Waals surface area (Å²) in [6, 6.07) is 0.195. The molecule has 0 aromatic rings. The third-order valence-electron chi connectivity index (χ3n) is 3.27. The molecule has 3 nitrogen and oxygen atoms in total. The average molecular weight is 235 g/mol. The first-order valence-electron chi connectivity index (χ1n) is 5.36. The molecule has 0 aromatic heterocycles. The molecule has 3 rings (SSSR count). The molecule has 0 saturated carbocycles. The van der Waals surface area contributed by atoms with E-state index < -0.39 is 5.54 Å². The van der Waals surface area contributed by atoms with Gasteiger partial charge in [-0.25, -0.2) is 0 Å². The van der Waals surface area contributed by atoms with E-state index in [9.17, 15) is 4.79 Å². The van der Waals surface area contributed by atoms with Crippen molar-refractivity contribution in [2.75, 3.05) is 0 Å². The molecule has 3 aliphatic rings. The molecule has 0 fully saturated rings. The molecule has 0 aromatic carbocycles. The molecule has 0 N–H and O–H groups in total. The minimum absolute atomic E-state index is 0.114. The van der Waals surface area contributed by atoms with Crippen LogP contribution in [-0.2, 0) is 4.79 Å². The normalized spacial score (nSPS) is 36.2. The van der Waals surface area contributed by atoms with Crippen molar-refractivity contribution in [2.24, 2.45) is 9.98 Å². The molecule has 1 aliphatic carbocycles. The van der Waals surface area contributed by atoms with E-state index in [1.165, 1.54) is 0 Å². The lowest BCUT2D eigenvalue weighted by atomic mass is 9.76. The van der Waals surface area contributed by atoms with Gasteiger partial charge in [-0.15, -0.1) is 0 Å². The summed E-state index contributed by atoms with van der Waals surface area (Å²) < 4.78 is 0. The molecular weight excluding hydrogens is 224 g/mol. The maximum absolute atomic E-state index is 11.9. The van der Waals surface area contributed by atoms with Gasteiger partial charge in [-0.2, -0.15) is 0 Å². The van der Waals surface area contributed by atoms with Crippen LogP contribution in [-0.4, -0.2) is 29.3 Å². The van der Waals surface area contributed by atoms with Crippen LogP contribution in [0.2, 0.25) is 0 Å². The van der Waals surface area contributed by atoms with Crippen LogP contribution in [0, 0.1) is 0 Å². The summed E-state index contributed by atoms with van der Waals surface area (Å²) >= 11 is 6.01. The number of aliphatic imine (C=N–C) groups is 2. The van der Waals surface area contributed by atoms with Crippen molar-refractivity contribution in [3.8, 4) is 0 Å². The first kappa shape index (κ1) is 9.97. The quantitative estimate of drug-likeness (QED) is 0.633. The topological polar surface area (TPSA) is 41.8 Å². The van der Waals surface area contributed by atoms with Crippen LogP contribution in [0.3, 0.4) is 0 Å². The van der Waals surface area contributed by atoms with Gasteiger partial charge in [0.15, 0.2) is 5.78 Å². The highest BCUT2D eigenvalue weighted by atomic mass is 35.5. The minimum Gasteiger partial charge on any atom is -0.294 e. The Kier molecular flexibility index (Phi) is 1.96. The number of rotatable bonds is 0. The van der Waals surface area contributed by atoms with Crippen LogP contribution < -0.4 is 0 Å². The lowest BCUT2D eigenvalue weighted by Gasteiger charge is -2.33. The third kappa shape index (κ3) is 1.18. The van der Waals surface area contributed by atoms with Crippen molar-refractivity contribution in [2.45, 2.75) is 31.3 Å². The lowest BCUT2D eigenvalue weighted by molar-refractivity contribution is -0.115. The van der Waals surface area contributed by atoms with Gasteiger partial charge in [0, 0.05) is 29.7 Å². The summed E-state index contributed by atoms with van der Waals surface area (Å²) in [6.07, 6.45) is 6.43. The van der Waals surface area contributed by atoms with Gasteiger partial charge in [0.25, 0.3) is 0 Å². The standard InChI is InChI=1S/C12H11ClN2O/c1-7-6-12-9(10(16)2-3-14-12)4-8(13)5-11(12)15-7/h3-5,7H,2,6H2,1H3. The Bertz CT molecular complexity index is 501. The summed E-state index contributed by atoms with van der Waals surface area (Å²) in [6.45, 7) is 2.04. The third-order valence-corrected chi connectivity index (χ3v) is 3.48. The Labute approximate surface area is 98.6 Å². The van der Waals surface area contributed by atoms with Crippen molar-refractivity contribution in [3.05, 3.63) is 22.8 Å². The molecule has 2 heterocycles. The van der Waals surface area contributed by atoms with E-state index in [2.05, 4.69) is 9.98 Å². The van der Waals surface area contributed by atoms with Gasteiger partial charge in [0.05, 0.1) is 11.8 Å². The van der Waals surface area contributed by atoms with Crippen LogP contribution in [0.25, 0.3) is 0 Å². The second kappa shape index (κ2) is 3.14. The summed E-state index contributed by atoms with van der Waals surface area (Å²) in [7, 11) is 0. The number of carbonyl (C=O) groups is 1. The number of allylic oxidation sites excluding steroid dienone is 2. The number of nitrogens with zero attached hydrogens (tertiary/aromatic N) is 2. The summed E-state index contributed by atoms with van der Waals surface area (Å²) in [5, 5.41) is 0.573. The number of hydrogen-bond acceptors (Lipinski definition) is 3. The average Bonchev–Trinajstić information content (AvgIpc) is 2.51. The van der Waals surface area contributed by atoms with Gasteiger partial charge >= 0.3 is 0 Å². The van der Waals surface area contributed by atoms with Crippen LogP contribution in [0.15, 0.2) is 32.7 Å². The lowest BCUT2D eigenvalue weighted by Crippen LogP contribution is -2.43. The molecule has 2 atom stereocenters. The highest BCUT2D eigenvalue weighted by Crippen LogP contribution is 2.42. The summed E-state index contributed by atoms with van der Waals surface area (Å²) in [5.74, 6) is 0.114. The van der Waals surface area contributed by atoms with Gasteiger partial charge in [-0.05, 0) is 19.1 Å². The van der Waals surface area contributed by atoms with E-state index in [4.69, 9.17) is 11.6 Å². The van der Waals surface area contributed by atoms with Crippen LogP contribution in [0.5, 0.6) is 0 Å². The van der Waals surface area contributed by atoms with Crippen LogP contribution in [0.1, 0.15) is 19.8 Å². The second-order valence-corrected chi connectivity index (χ2v) is 4.89. The molecule has 1 spiro atoms. The maximum Gasteiger partial charge on any atom is 0.167 e. The number of Topliss-reactive ketones (excluding diaryl/α,β-unsaturated/α-hetero) is 1. The fraction of sp³-hybridized carbons (Fsp3) is 0.417. The molecular formula is C12H11ClN2O. The SMILES string of the molecule is CC1CC23N=CCC(=O)C2=CC(Cl)=CC3=N1. The molecule has 0 bridgehead atoms. The fourth-order valence-corrected chi connectivity index (χ4v) is 2.86. The predicted octanol–water partition coefficient (Wildman–Crippen LogP) is 2.06. The van der Waals surface area contributed by atoms with Gasteiger partial charge in [-0.3, -0.25) is 14.8 Å². The Morgan fingerprint density at radius 1 is 1.50 bits per heavy atom. The zero-order valence-corrected chi connectivity index (χ0v) is 9.66. The number of hydrogen-bond donors (Lipinski definition) is 0. The van der Waals surface area contributed by atoms with Gasteiger partial charge in [0.1, 0.15) is 5.54 Å². The number of halogens is 1. The zero-order valence-electron chi connectivity index (χ0n) is 8.90. The maximum atomic E-state index is 11.9. The van der Waals surface area contributed by atoms with Gasteiger partial charge in [-0.1, -0.05) is 11.6 Å². The number of ketones is 1. The first-order valence-corrected chi connectivity index (χ1v) is 5.74. The van der Waals surface area contributed by atoms with Crippen molar-refractivity contribution in [1.29, 1.82) is 0 Å². The highest BCUT2D eigenvalue weighted by molar-refractivity contribution is 6.36. The smallest absolute Gasteiger partial charge is 0.167 e. The van der Waals surface area contributed by atoms with E-state index >= 15 is 0 Å². The predicted molar refractivity (Wildman–Crippen MR) is 64.4 cm³/mol. The van der Waals surface area contributed by atoms with E-state index in [1.807, 2.05) is 13.0 Å². The molecule has 0 saturated heterocycles. The Balaban J connectivity index is 2.23. The van der Waals surface area contributed by atoms with E-state index in [0.29, 0.717) is 17.0 Å². The van der Waals surface area contributed by atoms with Gasteiger partial charge < -0.3 is 0 Å². The molecule has 82 valence electrons. The second-order valence-electron chi connectivity index (χ2n) is 4.45. The van der Waals surface area contributed by atoms with Gasteiger partial charge in [0.2, 0.25) is 0 Å². The molecule has 2 unspecified atom stereocenters. The molecule has 16 heavy (non-hydrogen) atoms. The fourth-order valence-electron chi connectivity index (χ4n) is 2.65. The highest BCUT2D eigenvalue weighted by Gasteiger charge is 2.48. The zero-order chi connectivity index (χ0) is 11.3. The largest absolute Gasteiger partial charge is 0.294 e. The van der Waals surface area contributed by atoms with Crippen molar-refractivity contribution in [1.82, 2.24) is 0 Å². The molecule has 4 heteroatoms. The van der Waals surface area contributed by atoms with Crippen molar-refractivity contribution < 1.29 is 4.79 Å².